The lowest BCUT2D eigenvalue weighted by molar-refractivity contribution is -0.390. The molecule has 0 radical (unpaired) electrons. The van der Waals surface area contributed by atoms with Crippen LogP contribution < -0.4 is 4.74 Å². The summed E-state index contributed by atoms with van der Waals surface area (Å²) in [7, 11) is 1.32. The monoisotopic (exact) mass is 357 g/mol. The van der Waals surface area contributed by atoms with Crippen LogP contribution in [0.5, 0.6) is 5.75 Å². The van der Waals surface area contributed by atoms with E-state index in [0.717, 1.165) is 10.7 Å². The number of aromatic nitrogens is 2. The molecule has 0 aliphatic carbocycles. The first-order chi connectivity index (χ1) is 9.92. The van der Waals surface area contributed by atoms with Gasteiger partial charge in [-0.05, 0) is 39.1 Å². The van der Waals surface area contributed by atoms with Gasteiger partial charge in [0.15, 0.2) is 17.3 Å². The lowest BCUT2D eigenvalue weighted by Crippen LogP contribution is -2.11. The van der Waals surface area contributed by atoms with Crippen molar-refractivity contribution < 1.29 is 18.8 Å². The number of nitrogens with zero attached hydrogens (tertiary/aromatic N) is 3. The average molecular weight is 358 g/mol. The summed E-state index contributed by atoms with van der Waals surface area (Å²) >= 11 is 2.98. The topological polar surface area (TPSA) is 87.3 Å². The van der Waals surface area contributed by atoms with Crippen molar-refractivity contribution in [1.82, 2.24) is 9.78 Å². The minimum atomic E-state index is -0.669. The fourth-order valence-electron chi connectivity index (χ4n) is 1.67. The highest BCUT2D eigenvalue weighted by Gasteiger charge is 2.20. The molecular weight excluding hydrogens is 349 g/mol. The zero-order valence-electron chi connectivity index (χ0n) is 10.7. The lowest BCUT2D eigenvalue weighted by atomic mass is 10.1. The number of halogens is 2. The van der Waals surface area contributed by atoms with Crippen molar-refractivity contribution in [3.05, 3.63) is 50.4 Å². The maximum atomic E-state index is 13.5. The maximum Gasteiger partial charge on any atom is 0.404 e. The van der Waals surface area contributed by atoms with Crippen LogP contribution in [0.15, 0.2) is 28.9 Å². The molecule has 9 heteroatoms. The molecule has 110 valence electrons. The molecule has 0 aliphatic rings. The first-order valence-electron chi connectivity index (χ1n) is 5.66. The highest BCUT2D eigenvalue weighted by atomic mass is 79.9. The van der Waals surface area contributed by atoms with Gasteiger partial charge in [-0.15, -0.1) is 0 Å². The molecule has 0 N–H and O–H groups in total. The first-order valence-corrected chi connectivity index (χ1v) is 6.45. The second-order valence-electron chi connectivity index (χ2n) is 4.03. The zero-order chi connectivity index (χ0) is 15.6. The average Bonchev–Trinajstić information content (AvgIpc) is 2.79. The zero-order valence-corrected chi connectivity index (χ0v) is 12.3. The molecule has 1 aromatic heterocycles. The van der Waals surface area contributed by atoms with E-state index in [2.05, 4.69) is 21.0 Å². The molecule has 21 heavy (non-hydrogen) atoms. The van der Waals surface area contributed by atoms with Crippen LogP contribution in [0, 0.1) is 15.9 Å². The van der Waals surface area contributed by atoms with Crippen LogP contribution in [0.25, 0.3) is 0 Å². The Morgan fingerprint density at radius 2 is 2.29 bits per heavy atom. The molecule has 7 nitrogen and oxygen atoms in total. The molecule has 0 aliphatic heterocycles. The molecule has 1 heterocycles. The number of ether oxygens (including phenoxy) is 1. The van der Waals surface area contributed by atoms with Gasteiger partial charge in [-0.2, -0.15) is 4.68 Å². The maximum absolute atomic E-state index is 13.5. The second-order valence-corrected chi connectivity index (χ2v) is 4.88. The lowest BCUT2D eigenvalue weighted by Gasteiger charge is -2.03. The third-order valence-corrected chi connectivity index (χ3v) is 3.21. The molecule has 0 unspecified atom stereocenters. The number of carbonyl (C=O) groups is 1. The predicted molar refractivity (Wildman–Crippen MR) is 73.9 cm³/mol. The van der Waals surface area contributed by atoms with Crippen molar-refractivity contribution >= 4 is 27.5 Å². The third kappa shape index (κ3) is 3.24. The summed E-state index contributed by atoms with van der Waals surface area (Å²) in [5, 5.41) is 14.3. The van der Waals surface area contributed by atoms with Crippen LogP contribution in [-0.2, 0) is 6.54 Å². The van der Waals surface area contributed by atoms with E-state index < -0.39 is 16.5 Å². The smallest absolute Gasteiger partial charge is 0.404 e. The van der Waals surface area contributed by atoms with Crippen LogP contribution in [0.4, 0.5) is 10.2 Å². The van der Waals surface area contributed by atoms with Gasteiger partial charge in [-0.3, -0.25) is 4.79 Å². The Labute approximate surface area is 126 Å². The molecule has 0 spiro atoms. The van der Waals surface area contributed by atoms with Crippen molar-refractivity contribution in [1.29, 1.82) is 0 Å². The molecule has 0 atom stereocenters. The summed E-state index contributed by atoms with van der Waals surface area (Å²) in [6.45, 7) is -0.238. The van der Waals surface area contributed by atoms with Gasteiger partial charge in [0.1, 0.15) is 11.0 Å². The number of ketones is 1. The van der Waals surface area contributed by atoms with Crippen molar-refractivity contribution in [2.45, 2.75) is 6.54 Å². The van der Waals surface area contributed by atoms with Gasteiger partial charge in [0, 0.05) is 5.56 Å². The van der Waals surface area contributed by atoms with E-state index in [4.69, 9.17) is 4.74 Å². The summed E-state index contributed by atoms with van der Waals surface area (Å²) in [6.07, 6.45) is 1.32. The number of methoxy groups -OCH3 is 1. The Hall–Kier alpha value is -2.29. The van der Waals surface area contributed by atoms with Gasteiger partial charge in [-0.1, -0.05) is 0 Å². The van der Waals surface area contributed by atoms with Crippen LogP contribution in [-0.4, -0.2) is 27.6 Å². The van der Waals surface area contributed by atoms with E-state index in [0.29, 0.717) is 0 Å². The van der Waals surface area contributed by atoms with Crippen molar-refractivity contribution in [3.63, 3.8) is 0 Å². The Morgan fingerprint density at radius 3 is 2.81 bits per heavy atom. The third-order valence-electron chi connectivity index (χ3n) is 2.65. The number of rotatable bonds is 5. The Morgan fingerprint density at radius 1 is 1.57 bits per heavy atom. The largest absolute Gasteiger partial charge is 0.494 e. The Balaban J connectivity index is 2.20. The van der Waals surface area contributed by atoms with Crippen molar-refractivity contribution in [3.8, 4) is 5.75 Å². The number of benzene rings is 1. The van der Waals surface area contributed by atoms with E-state index in [-0.39, 0.29) is 28.1 Å². The fourth-order valence-corrected chi connectivity index (χ4v) is 2.13. The summed E-state index contributed by atoms with van der Waals surface area (Å²) in [6, 6.07) is 3.80. The molecule has 0 fully saturated rings. The molecule has 1 aromatic carbocycles. The SMILES string of the molecule is COc1ccc(C(=O)Cn2cc(Br)c([N+](=O)[O-])n2)cc1F. The van der Waals surface area contributed by atoms with Gasteiger partial charge in [0.25, 0.3) is 0 Å². The molecule has 0 amide bonds. The number of hydrogen-bond acceptors (Lipinski definition) is 5. The Kier molecular flexibility index (Phi) is 4.32. The van der Waals surface area contributed by atoms with Gasteiger partial charge in [0.05, 0.1) is 18.4 Å². The second kappa shape index (κ2) is 6.00. The molecule has 2 rings (SSSR count). The highest BCUT2D eigenvalue weighted by molar-refractivity contribution is 9.10. The quantitative estimate of drug-likeness (QED) is 0.466. The van der Waals surface area contributed by atoms with E-state index >= 15 is 0 Å². The minimum Gasteiger partial charge on any atom is -0.494 e. The van der Waals surface area contributed by atoms with E-state index in [1.165, 1.54) is 25.4 Å². The van der Waals surface area contributed by atoms with E-state index in [1.807, 2.05) is 0 Å². The molecule has 2 aromatic rings. The van der Waals surface area contributed by atoms with Crippen LogP contribution in [0.2, 0.25) is 0 Å². The Bertz CT molecular complexity index is 717. The van der Waals surface area contributed by atoms with Crippen LogP contribution in [0.3, 0.4) is 0 Å². The first kappa shape index (κ1) is 15.1. The predicted octanol–water partition coefficient (Wildman–Crippen LogP) is 2.58. The number of Topliss-reactive ketones (excluding diaryl/α,β-unsaturated/α-hetero) is 1. The van der Waals surface area contributed by atoms with Gasteiger partial charge >= 0.3 is 5.82 Å². The summed E-state index contributed by atoms with van der Waals surface area (Å²) < 4.78 is 19.6. The van der Waals surface area contributed by atoms with Crippen molar-refractivity contribution in [2.75, 3.05) is 7.11 Å². The molecular formula is C12H9BrFN3O4. The van der Waals surface area contributed by atoms with E-state index in [9.17, 15) is 19.3 Å². The fraction of sp³-hybridized carbons (Fsp3) is 0.167. The normalized spacial score (nSPS) is 10.4. The van der Waals surface area contributed by atoms with Crippen molar-refractivity contribution in [2.24, 2.45) is 0 Å². The number of carbonyl (C=O) groups excluding carboxylic acids is 1. The highest BCUT2D eigenvalue weighted by Crippen LogP contribution is 2.22. The standard InChI is InChI=1S/C12H9BrFN3O4/c1-21-11-3-2-7(4-9(11)14)10(18)6-16-5-8(13)12(15-16)17(19)20/h2-5H,6H2,1H3. The van der Waals surface area contributed by atoms with Crippen LogP contribution >= 0.6 is 15.9 Å². The number of hydrogen-bond donors (Lipinski definition) is 0. The summed E-state index contributed by atoms with van der Waals surface area (Å²) in [5.41, 5.74) is 0.127. The molecule has 0 saturated heterocycles. The number of nitro groups is 1. The van der Waals surface area contributed by atoms with Gasteiger partial charge < -0.3 is 14.9 Å². The van der Waals surface area contributed by atoms with Gasteiger partial charge in [0.2, 0.25) is 0 Å². The minimum absolute atomic E-state index is 0.0315. The summed E-state index contributed by atoms with van der Waals surface area (Å²) in [4.78, 5) is 22.0. The molecule has 0 saturated carbocycles. The summed E-state index contributed by atoms with van der Waals surface area (Å²) in [5.74, 6) is -1.44. The van der Waals surface area contributed by atoms with E-state index in [1.54, 1.807) is 0 Å². The van der Waals surface area contributed by atoms with Crippen LogP contribution in [0.1, 0.15) is 10.4 Å². The molecule has 0 bridgehead atoms. The van der Waals surface area contributed by atoms with Gasteiger partial charge in [-0.25, -0.2) is 4.39 Å².